The van der Waals surface area contributed by atoms with Crippen LogP contribution in [0.1, 0.15) is 40.1 Å². The molecule has 2 aromatic carbocycles. The summed E-state index contributed by atoms with van der Waals surface area (Å²) in [5.74, 6) is -0.880. The first kappa shape index (κ1) is 18.6. The Bertz CT molecular complexity index is 984. The summed E-state index contributed by atoms with van der Waals surface area (Å²) in [5.41, 5.74) is 3.63. The monoisotopic (exact) mass is 362 g/mol. The van der Waals surface area contributed by atoms with Crippen molar-refractivity contribution in [1.29, 1.82) is 0 Å². The minimum absolute atomic E-state index is 0.164. The van der Waals surface area contributed by atoms with Gasteiger partial charge in [0.2, 0.25) is 0 Å². The summed E-state index contributed by atoms with van der Waals surface area (Å²) in [6.45, 7) is 5.19. The van der Waals surface area contributed by atoms with Gasteiger partial charge in [0.05, 0.1) is 22.8 Å². The Kier molecular flexibility index (Phi) is 5.50. The van der Waals surface area contributed by atoms with Gasteiger partial charge < -0.3 is 10.1 Å². The minimum atomic E-state index is -0.536. The van der Waals surface area contributed by atoms with E-state index >= 15 is 0 Å². The number of fused-ring (bicyclic) bond motifs is 1. The number of benzene rings is 2. The number of amides is 1. The van der Waals surface area contributed by atoms with E-state index in [0.717, 1.165) is 22.0 Å². The second kappa shape index (κ2) is 7.99. The third-order valence-electron chi connectivity index (χ3n) is 4.55. The van der Waals surface area contributed by atoms with Crippen LogP contribution in [0, 0.1) is 13.8 Å². The molecule has 3 rings (SSSR count). The number of ether oxygens (including phenoxy) is 1. The Morgan fingerprint density at radius 2 is 1.70 bits per heavy atom. The van der Waals surface area contributed by atoms with Gasteiger partial charge >= 0.3 is 5.97 Å². The second-order valence-electron chi connectivity index (χ2n) is 6.49. The van der Waals surface area contributed by atoms with Crippen molar-refractivity contribution in [2.24, 2.45) is 0 Å². The van der Waals surface area contributed by atoms with Crippen LogP contribution >= 0.6 is 0 Å². The van der Waals surface area contributed by atoms with E-state index in [1.807, 2.05) is 68.4 Å². The first-order valence-electron chi connectivity index (χ1n) is 8.84. The molecular weight excluding hydrogens is 340 g/mol. The maximum Gasteiger partial charge on any atom is 0.340 e. The molecule has 138 valence electrons. The molecule has 0 aliphatic carbocycles. The van der Waals surface area contributed by atoms with Crippen LogP contribution < -0.4 is 5.32 Å². The highest BCUT2D eigenvalue weighted by molar-refractivity contribution is 5.99. The van der Waals surface area contributed by atoms with Crippen molar-refractivity contribution in [3.05, 3.63) is 77.0 Å². The average molecular weight is 362 g/mol. The van der Waals surface area contributed by atoms with Crippen molar-refractivity contribution in [3.63, 3.8) is 0 Å². The Labute approximate surface area is 158 Å². The van der Waals surface area contributed by atoms with E-state index in [0.29, 0.717) is 11.3 Å². The van der Waals surface area contributed by atoms with E-state index in [4.69, 9.17) is 4.74 Å². The molecule has 1 heterocycles. The van der Waals surface area contributed by atoms with Gasteiger partial charge in [0.25, 0.3) is 5.91 Å². The third-order valence-corrected chi connectivity index (χ3v) is 4.55. The summed E-state index contributed by atoms with van der Waals surface area (Å²) in [6, 6.07) is 17.1. The molecule has 1 aromatic heterocycles. The summed E-state index contributed by atoms with van der Waals surface area (Å²) in [6.07, 6.45) is 0. The molecule has 0 spiro atoms. The molecule has 1 N–H and O–H groups in total. The SMILES string of the molecule is Cc1nc2ccccc2c(C)c1C(=O)OCC(=O)N[C@@H](C)c1ccccc1. The van der Waals surface area contributed by atoms with Crippen molar-refractivity contribution < 1.29 is 14.3 Å². The summed E-state index contributed by atoms with van der Waals surface area (Å²) >= 11 is 0. The predicted molar refractivity (Wildman–Crippen MR) is 104 cm³/mol. The van der Waals surface area contributed by atoms with Crippen LogP contribution in [0.25, 0.3) is 10.9 Å². The Hall–Kier alpha value is -3.21. The van der Waals surface area contributed by atoms with Gasteiger partial charge in [-0.2, -0.15) is 0 Å². The van der Waals surface area contributed by atoms with Crippen LogP contribution in [0.3, 0.4) is 0 Å². The van der Waals surface area contributed by atoms with E-state index in [2.05, 4.69) is 10.3 Å². The molecule has 0 fully saturated rings. The zero-order chi connectivity index (χ0) is 19.4. The molecule has 0 saturated carbocycles. The van der Waals surface area contributed by atoms with Crippen LogP contribution in [0.2, 0.25) is 0 Å². The summed E-state index contributed by atoms with van der Waals surface area (Å²) in [4.78, 5) is 29.2. The molecule has 5 nitrogen and oxygen atoms in total. The number of carbonyl (C=O) groups excluding carboxylic acids is 2. The molecule has 0 unspecified atom stereocenters. The van der Waals surface area contributed by atoms with E-state index in [9.17, 15) is 9.59 Å². The first-order chi connectivity index (χ1) is 13.0. The Balaban J connectivity index is 1.67. The summed E-state index contributed by atoms with van der Waals surface area (Å²) in [7, 11) is 0. The topological polar surface area (TPSA) is 68.3 Å². The molecule has 1 atom stereocenters. The molecule has 3 aromatic rings. The lowest BCUT2D eigenvalue weighted by atomic mass is 10.0. The van der Waals surface area contributed by atoms with Crippen LogP contribution in [-0.4, -0.2) is 23.5 Å². The minimum Gasteiger partial charge on any atom is -0.452 e. The highest BCUT2D eigenvalue weighted by atomic mass is 16.5. The number of hydrogen-bond donors (Lipinski definition) is 1. The lowest BCUT2D eigenvalue weighted by Crippen LogP contribution is -2.31. The normalized spacial score (nSPS) is 11.8. The largest absolute Gasteiger partial charge is 0.452 e. The number of pyridine rings is 1. The molecule has 0 aliphatic heterocycles. The second-order valence-corrected chi connectivity index (χ2v) is 6.49. The lowest BCUT2D eigenvalue weighted by molar-refractivity contribution is -0.124. The standard InChI is InChI=1S/C22H22N2O3/c1-14-18-11-7-8-12-19(18)23-16(3)21(14)22(26)27-13-20(25)24-15(2)17-9-5-4-6-10-17/h4-12,15H,13H2,1-3H3,(H,24,25)/t15-/m0/s1. The molecule has 1 amide bonds. The van der Waals surface area contributed by atoms with Gasteiger partial charge in [-0.25, -0.2) is 4.79 Å². The fourth-order valence-corrected chi connectivity index (χ4v) is 3.14. The van der Waals surface area contributed by atoms with Gasteiger partial charge in [-0.05, 0) is 38.0 Å². The van der Waals surface area contributed by atoms with Crippen LogP contribution in [0.5, 0.6) is 0 Å². The fraction of sp³-hybridized carbons (Fsp3) is 0.227. The summed E-state index contributed by atoms with van der Waals surface area (Å²) < 4.78 is 5.25. The zero-order valence-electron chi connectivity index (χ0n) is 15.7. The van der Waals surface area contributed by atoms with Crippen LogP contribution in [-0.2, 0) is 9.53 Å². The van der Waals surface area contributed by atoms with Crippen LogP contribution in [0.15, 0.2) is 54.6 Å². The molecule has 0 aliphatic rings. The van der Waals surface area contributed by atoms with Gasteiger partial charge in [0.1, 0.15) is 0 Å². The Morgan fingerprint density at radius 3 is 2.44 bits per heavy atom. The number of nitrogens with zero attached hydrogens (tertiary/aromatic N) is 1. The fourth-order valence-electron chi connectivity index (χ4n) is 3.14. The van der Waals surface area contributed by atoms with Crippen molar-refractivity contribution >= 4 is 22.8 Å². The Morgan fingerprint density at radius 1 is 1.04 bits per heavy atom. The lowest BCUT2D eigenvalue weighted by Gasteiger charge is -2.15. The number of carbonyl (C=O) groups is 2. The van der Waals surface area contributed by atoms with Gasteiger partial charge in [-0.3, -0.25) is 9.78 Å². The van der Waals surface area contributed by atoms with Crippen molar-refractivity contribution in [1.82, 2.24) is 10.3 Å². The predicted octanol–water partition coefficient (Wildman–Crippen LogP) is 3.89. The molecule has 5 heteroatoms. The van der Waals surface area contributed by atoms with Crippen molar-refractivity contribution in [2.75, 3.05) is 6.61 Å². The highest BCUT2D eigenvalue weighted by Gasteiger charge is 2.19. The van der Waals surface area contributed by atoms with Gasteiger partial charge in [-0.15, -0.1) is 0 Å². The maximum atomic E-state index is 12.5. The number of aryl methyl sites for hydroxylation is 2. The highest BCUT2D eigenvalue weighted by Crippen LogP contribution is 2.23. The molecule has 0 saturated heterocycles. The van der Waals surface area contributed by atoms with E-state index in [1.54, 1.807) is 6.92 Å². The van der Waals surface area contributed by atoms with Crippen molar-refractivity contribution in [2.45, 2.75) is 26.8 Å². The van der Waals surface area contributed by atoms with E-state index in [1.165, 1.54) is 0 Å². The third kappa shape index (κ3) is 4.14. The van der Waals surface area contributed by atoms with Crippen molar-refractivity contribution in [3.8, 4) is 0 Å². The average Bonchev–Trinajstić information content (AvgIpc) is 2.67. The van der Waals surface area contributed by atoms with E-state index < -0.39 is 5.97 Å². The van der Waals surface area contributed by atoms with Gasteiger partial charge in [0, 0.05) is 5.39 Å². The maximum absolute atomic E-state index is 12.5. The molecule has 0 bridgehead atoms. The van der Waals surface area contributed by atoms with Gasteiger partial charge in [0.15, 0.2) is 6.61 Å². The number of aromatic nitrogens is 1. The van der Waals surface area contributed by atoms with E-state index in [-0.39, 0.29) is 18.6 Å². The molecule has 27 heavy (non-hydrogen) atoms. The number of esters is 1. The zero-order valence-corrected chi connectivity index (χ0v) is 15.7. The number of hydrogen-bond acceptors (Lipinski definition) is 4. The molecular formula is C22H22N2O3. The smallest absolute Gasteiger partial charge is 0.340 e. The first-order valence-corrected chi connectivity index (χ1v) is 8.84. The number of nitrogens with one attached hydrogen (secondary N) is 1. The molecule has 0 radical (unpaired) electrons. The summed E-state index contributed by atoms with van der Waals surface area (Å²) in [5, 5.41) is 3.73. The number of rotatable bonds is 5. The van der Waals surface area contributed by atoms with Gasteiger partial charge in [-0.1, -0.05) is 48.5 Å². The quantitative estimate of drug-likeness (QED) is 0.699. The van der Waals surface area contributed by atoms with Crippen LogP contribution in [0.4, 0.5) is 0 Å². The number of para-hydroxylation sites is 1.